The molecule has 2 N–H and O–H groups in total. The summed E-state index contributed by atoms with van der Waals surface area (Å²) in [5.41, 5.74) is 4.62. The SMILES string of the molecule is C=CCc1cc(C#N)c(C(C)(C)O)c(-c2ccc3nc(C)[nH]c3c2)c1. The number of hydrogen-bond donors (Lipinski definition) is 2. The zero-order chi connectivity index (χ0) is 18.2. The van der Waals surface area contributed by atoms with Crippen molar-refractivity contribution >= 4 is 11.0 Å². The molecule has 0 aliphatic rings. The van der Waals surface area contributed by atoms with Gasteiger partial charge in [0.15, 0.2) is 0 Å². The lowest BCUT2D eigenvalue weighted by Gasteiger charge is -2.24. The number of allylic oxidation sites excluding steroid dienone is 1. The quantitative estimate of drug-likeness (QED) is 0.697. The van der Waals surface area contributed by atoms with E-state index in [1.54, 1.807) is 13.8 Å². The number of hydrogen-bond acceptors (Lipinski definition) is 3. The van der Waals surface area contributed by atoms with Gasteiger partial charge in [0.1, 0.15) is 5.82 Å². The Bertz CT molecular complexity index is 1000. The van der Waals surface area contributed by atoms with Crippen molar-refractivity contribution < 1.29 is 5.11 Å². The first-order valence-electron chi connectivity index (χ1n) is 8.21. The molecule has 0 atom stereocenters. The topological polar surface area (TPSA) is 72.7 Å². The lowest BCUT2D eigenvalue weighted by molar-refractivity contribution is 0.0789. The molecule has 4 heteroatoms. The lowest BCUT2D eigenvalue weighted by Crippen LogP contribution is -2.19. The van der Waals surface area contributed by atoms with E-state index in [2.05, 4.69) is 22.6 Å². The fraction of sp³-hybridized carbons (Fsp3) is 0.238. The van der Waals surface area contributed by atoms with Crippen LogP contribution in [0.4, 0.5) is 0 Å². The number of nitrogens with one attached hydrogen (secondary N) is 1. The van der Waals surface area contributed by atoms with Gasteiger partial charge in [-0.2, -0.15) is 5.26 Å². The molecule has 0 amide bonds. The molecule has 0 aliphatic heterocycles. The van der Waals surface area contributed by atoms with Gasteiger partial charge < -0.3 is 10.1 Å². The van der Waals surface area contributed by atoms with Gasteiger partial charge in [-0.15, -0.1) is 6.58 Å². The summed E-state index contributed by atoms with van der Waals surface area (Å²) < 4.78 is 0. The summed E-state index contributed by atoms with van der Waals surface area (Å²) in [6, 6.07) is 12.0. The zero-order valence-electron chi connectivity index (χ0n) is 14.7. The molecule has 0 saturated carbocycles. The van der Waals surface area contributed by atoms with Crippen molar-refractivity contribution in [3.63, 3.8) is 0 Å². The first-order chi connectivity index (χ1) is 11.8. The molecule has 0 saturated heterocycles. The highest BCUT2D eigenvalue weighted by atomic mass is 16.3. The average Bonchev–Trinajstić information content (AvgIpc) is 2.92. The minimum absolute atomic E-state index is 0.489. The highest BCUT2D eigenvalue weighted by molar-refractivity contribution is 5.84. The molecule has 4 nitrogen and oxygen atoms in total. The summed E-state index contributed by atoms with van der Waals surface area (Å²) >= 11 is 0. The van der Waals surface area contributed by atoms with Gasteiger partial charge in [-0.3, -0.25) is 0 Å². The Hall–Kier alpha value is -2.90. The second-order valence-electron chi connectivity index (χ2n) is 6.78. The summed E-state index contributed by atoms with van der Waals surface area (Å²) in [5.74, 6) is 0.855. The highest BCUT2D eigenvalue weighted by Crippen LogP contribution is 2.36. The average molecular weight is 331 g/mol. The van der Waals surface area contributed by atoms with Gasteiger partial charge in [0.05, 0.1) is 28.3 Å². The Labute approximate surface area is 147 Å². The Morgan fingerprint density at radius 2 is 2.08 bits per heavy atom. The van der Waals surface area contributed by atoms with Crippen LogP contribution < -0.4 is 0 Å². The van der Waals surface area contributed by atoms with Gasteiger partial charge in [0.2, 0.25) is 0 Å². The largest absolute Gasteiger partial charge is 0.386 e. The summed E-state index contributed by atoms with van der Waals surface area (Å²) in [7, 11) is 0. The third-order valence-electron chi connectivity index (χ3n) is 4.22. The number of nitriles is 1. The standard InChI is InChI=1S/C21H21N3O/c1-5-6-14-9-16(12-22)20(21(3,4)25)17(10-14)15-7-8-18-19(11-15)24-13(2)23-18/h5,7-11,25H,1,6H2,2-4H3,(H,23,24). The number of rotatable bonds is 4. The van der Waals surface area contributed by atoms with Gasteiger partial charge in [0, 0.05) is 5.56 Å². The number of aromatic nitrogens is 2. The first-order valence-corrected chi connectivity index (χ1v) is 8.21. The maximum Gasteiger partial charge on any atom is 0.104 e. The number of imidazole rings is 1. The van der Waals surface area contributed by atoms with Crippen LogP contribution in [-0.2, 0) is 12.0 Å². The minimum Gasteiger partial charge on any atom is -0.386 e. The maximum absolute atomic E-state index is 10.7. The molecule has 1 aromatic heterocycles. The first kappa shape index (κ1) is 16.9. The second-order valence-corrected chi connectivity index (χ2v) is 6.78. The van der Waals surface area contributed by atoms with Gasteiger partial charge in [-0.05, 0) is 62.1 Å². The van der Waals surface area contributed by atoms with Crippen LogP contribution in [0.5, 0.6) is 0 Å². The fourth-order valence-electron chi connectivity index (χ4n) is 3.27. The van der Waals surface area contributed by atoms with E-state index in [9.17, 15) is 10.4 Å². The number of aryl methyl sites for hydroxylation is 1. The van der Waals surface area contributed by atoms with Gasteiger partial charge in [-0.25, -0.2) is 4.98 Å². The van der Waals surface area contributed by atoms with E-state index in [0.29, 0.717) is 17.5 Å². The third-order valence-corrected chi connectivity index (χ3v) is 4.22. The number of aromatic amines is 1. The van der Waals surface area contributed by atoms with Gasteiger partial charge in [0.25, 0.3) is 0 Å². The molecule has 0 radical (unpaired) electrons. The molecule has 0 aliphatic carbocycles. The van der Waals surface area contributed by atoms with Crippen molar-refractivity contribution in [1.82, 2.24) is 9.97 Å². The molecular weight excluding hydrogens is 310 g/mol. The summed E-state index contributed by atoms with van der Waals surface area (Å²) in [5, 5.41) is 20.3. The Morgan fingerprint density at radius 1 is 1.32 bits per heavy atom. The molecular formula is C21H21N3O. The van der Waals surface area contributed by atoms with E-state index in [1.807, 2.05) is 43.3 Å². The smallest absolute Gasteiger partial charge is 0.104 e. The Kier molecular flexibility index (Phi) is 4.20. The van der Waals surface area contributed by atoms with Crippen LogP contribution >= 0.6 is 0 Å². The van der Waals surface area contributed by atoms with E-state index in [4.69, 9.17) is 0 Å². The highest BCUT2D eigenvalue weighted by Gasteiger charge is 2.25. The molecule has 3 aromatic rings. The molecule has 25 heavy (non-hydrogen) atoms. The van der Waals surface area contributed by atoms with Crippen molar-refractivity contribution in [2.45, 2.75) is 32.8 Å². The van der Waals surface area contributed by atoms with E-state index in [-0.39, 0.29) is 0 Å². The molecule has 0 bridgehead atoms. The van der Waals surface area contributed by atoms with Gasteiger partial charge in [-0.1, -0.05) is 18.2 Å². The summed E-state index contributed by atoms with van der Waals surface area (Å²) in [4.78, 5) is 7.67. The number of fused-ring (bicyclic) bond motifs is 1. The van der Waals surface area contributed by atoms with Crippen LogP contribution in [0.2, 0.25) is 0 Å². The molecule has 126 valence electrons. The summed E-state index contributed by atoms with van der Waals surface area (Å²) in [6.07, 6.45) is 2.48. The molecule has 2 aromatic carbocycles. The van der Waals surface area contributed by atoms with Crippen LogP contribution in [0.3, 0.4) is 0 Å². The fourth-order valence-corrected chi connectivity index (χ4v) is 3.27. The van der Waals surface area contributed by atoms with Crippen LogP contribution in [0.15, 0.2) is 43.0 Å². The second kappa shape index (κ2) is 6.19. The minimum atomic E-state index is -1.13. The molecule has 0 spiro atoms. The van der Waals surface area contributed by atoms with Crippen molar-refractivity contribution in [3.8, 4) is 17.2 Å². The van der Waals surface area contributed by atoms with Gasteiger partial charge >= 0.3 is 0 Å². The van der Waals surface area contributed by atoms with Crippen molar-refractivity contribution in [2.24, 2.45) is 0 Å². The molecule has 3 rings (SSSR count). The lowest BCUT2D eigenvalue weighted by atomic mass is 9.84. The number of aliphatic hydroxyl groups is 1. The predicted octanol–water partition coefficient (Wildman–Crippen LogP) is 4.37. The predicted molar refractivity (Wildman–Crippen MR) is 100 cm³/mol. The maximum atomic E-state index is 10.7. The van der Waals surface area contributed by atoms with Crippen molar-refractivity contribution in [1.29, 1.82) is 5.26 Å². The molecule has 1 heterocycles. The van der Waals surface area contributed by atoms with Crippen LogP contribution in [-0.4, -0.2) is 15.1 Å². The number of nitrogens with zero attached hydrogens (tertiary/aromatic N) is 2. The number of benzene rings is 2. The monoisotopic (exact) mass is 331 g/mol. The van der Waals surface area contributed by atoms with Crippen molar-refractivity contribution in [2.75, 3.05) is 0 Å². The van der Waals surface area contributed by atoms with Crippen LogP contribution in [0, 0.1) is 18.3 Å². The van der Waals surface area contributed by atoms with E-state index in [1.165, 1.54) is 0 Å². The summed E-state index contributed by atoms with van der Waals surface area (Å²) in [6.45, 7) is 9.11. The van der Waals surface area contributed by atoms with E-state index < -0.39 is 5.60 Å². The normalized spacial score (nSPS) is 11.5. The molecule has 0 unspecified atom stereocenters. The van der Waals surface area contributed by atoms with E-state index >= 15 is 0 Å². The number of H-pyrrole nitrogens is 1. The van der Waals surface area contributed by atoms with Crippen LogP contribution in [0.1, 0.15) is 36.4 Å². The Balaban J connectivity index is 2.32. The van der Waals surface area contributed by atoms with E-state index in [0.717, 1.165) is 33.5 Å². The zero-order valence-corrected chi connectivity index (χ0v) is 14.7. The third kappa shape index (κ3) is 3.19. The van der Waals surface area contributed by atoms with Crippen LogP contribution in [0.25, 0.3) is 22.2 Å². The van der Waals surface area contributed by atoms with Crippen molar-refractivity contribution in [3.05, 3.63) is 65.5 Å². The Morgan fingerprint density at radius 3 is 2.72 bits per heavy atom. The molecule has 0 fully saturated rings.